The van der Waals surface area contributed by atoms with Gasteiger partial charge in [-0.15, -0.1) is 0 Å². The standard InChI is InChI=1S/C12H24N2O3S/c1-3-7-14-8-5-11(6-9-14)13-12(15)10-18(16,17)4-2/h11H,3-10H2,1-2H3,(H,13,15). The molecule has 1 heterocycles. The van der Waals surface area contributed by atoms with Gasteiger partial charge in [0, 0.05) is 24.9 Å². The molecule has 1 amide bonds. The highest BCUT2D eigenvalue weighted by Crippen LogP contribution is 2.10. The fourth-order valence-electron chi connectivity index (χ4n) is 2.19. The maximum atomic E-state index is 11.6. The van der Waals surface area contributed by atoms with Gasteiger partial charge in [-0.25, -0.2) is 8.42 Å². The van der Waals surface area contributed by atoms with Crippen LogP contribution in [0.5, 0.6) is 0 Å². The van der Waals surface area contributed by atoms with Crippen LogP contribution in [0.15, 0.2) is 0 Å². The van der Waals surface area contributed by atoms with E-state index in [-0.39, 0.29) is 23.5 Å². The van der Waals surface area contributed by atoms with E-state index >= 15 is 0 Å². The highest BCUT2D eigenvalue weighted by atomic mass is 32.2. The molecule has 1 aliphatic heterocycles. The van der Waals surface area contributed by atoms with Crippen LogP contribution in [0.1, 0.15) is 33.1 Å². The highest BCUT2D eigenvalue weighted by Gasteiger charge is 2.22. The normalized spacial score (nSPS) is 18.8. The van der Waals surface area contributed by atoms with Crippen LogP contribution in [0, 0.1) is 0 Å². The molecular formula is C12H24N2O3S. The summed E-state index contributed by atoms with van der Waals surface area (Å²) in [5.74, 6) is -0.709. The number of piperidine rings is 1. The minimum Gasteiger partial charge on any atom is -0.352 e. The number of sulfone groups is 1. The summed E-state index contributed by atoms with van der Waals surface area (Å²) >= 11 is 0. The molecule has 0 radical (unpaired) electrons. The first-order valence-corrected chi connectivity index (χ1v) is 8.51. The van der Waals surface area contributed by atoms with Crippen LogP contribution in [-0.2, 0) is 14.6 Å². The van der Waals surface area contributed by atoms with Gasteiger partial charge in [0.15, 0.2) is 9.84 Å². The Morgan fingerprint density at radius 3 is 2.39 bits per heavy atom. The van der Waals surface area contributed by atoms with E-state index in [0.29, 0.717) is 0 Å². The van der Waals surface area contributed by atoms with E-state index in [1.165, 1.54) is 0 Å². The van der Waals surface area contributed by atoms with Gasteiger partial charge in [0.25, 0.3) is 0 Å². The van der Waals surface area contributed by atoms with Crippen molar-refractivity contribution < 1.29 is 13.2 Å². The number of hydrogen-bond donors (Lipinski definition) is 1. The third-order valence-corrected chi connectivity index (χ3v) is 4.87. The van der Waals surface area contributed by atoms with Crippen molar-refractivity contribution in [2.75, 3.05) is 31.1 Å². The fourth-order valence-corrected chi connectivity index (χ4v) is 2.88. The van der Waals surface area contributed by atoms with Crippen LogP contribution >= 0.6 is 0 Å². The summed E-state index contributed by atoms with van der Waals surface area (Å²) in [6.45, 7) is 6.79. The molecule has 5 nitrogen and oxygen atoms in total. The summed E-state index contributed by atoms with van der Waals surface area (Å²) in [6, 6.07) is 0.137. The van der Waals surface area contributed by atoms with Crippen molar-refractivity contribution in [1.82, 2.24) is 10.2 Å². The molecule has 0 bridgehead atoms. The third kappa shape index (κ3) is 5.35. The molecule has 0 atom stereocenters. The van der Waals surface area contributed by atoms with Gasteiger partial charge >= 0.3 is 0 Å². The fraction of sp³-hybridized carbons (Fsp3) is 0.917. The molecule has 1 fully saturated rings. The molecule has 1 aliphatic rings. The predicted molar refractivity (Wildman–Crippen MR) is 72.2 cm³/mol. The van der Waals surface area contributed by atoms with Gasteiger partial charge in [0.05, 0.1) is 0 Å². The summed E-state index contributed by atoms with van der Waals surface area (Å²) in [5.41, 5.74) is 0. The van der Waals surface area contributed by atoms with Crippen LogP contribution < -0.4 is 5.32 Å². The second kappa shape index (κ2) is 7.09. The zero-order valence-corrected chi connectivity index (χ0v) is 12.1. The molecule has 0 spiro atoms. The lowest BCUT2D eigenvalue weighted by Gasteiger charge is -2.32. The molecule has 0 aromatic carbocycles. The van der Waals surface area contributed by atoms with E-state index < -0.39 is 9.84 Å². The Labute approximate surface area is 110 Å². The molecular weight excluding hydrogens is 252 g/mol. The average molecular weight is 276 g/mol. The van der Waals surface area contributed by atoms with Gasteiger partial charge in [-0.3, -0.25) is 4.79 Å². The number of hydrogen-bond acceptors (Lipinski definition) is 4. The molecule has 6 heteroatoms. The molecule has 0 aromatic rings. The molecule has 0 aromatic heterocycles. The maximum Gasteiger partial charge on any atom is 0.235 e. The SMILES string of the molecule is CCCN1CCC(NC(=O)CS(=O)(=O)CC)CC1. The molecule has 1 N–H and O–H groups in total. The predicted octanol–water partition coefficient (Wildman–Crippen LogP) is 0.412. The molecule has 106 valence electrons. The summed E-state index contributed by atoms with van der Waals surface area (Å²) in [6.07, 6.45) is 2.97. The van der Waals surface area contributed by atoms with Crippen molar-refractivity contribution in [1.29, 1.82) is 0 Å². The molecule has 0 aliphatic carbocycles. The lowest BCUT2D eigenvalue weighted by atomic mass is 10.1. The Balaban J connectivity index is 2.30. The van der Waals surface area contributed by atoms with Gasteiger partial charge in [-0.2, -0.15) is 0 Å². The van der Waals surface area contributed by atoms with E-state index in [4.69, 9.17) is 0 Å². The quantitative estimate of drug-likeness (QED) is 0.763. The van der Waals surface area contributed by atoms with Gasteiger partial charge in [-0.05, 0) is 25.8 Å². The van der Waals surface area contributed by atoms with Crippen LogP contribution in [0.4, 0.5) is 0 Å². The first kappa shape index (κ1) is 15.4. The smallest absolute Gasteiger partial charge is 0.235 e. The zero-order valence-electron chi connectivity index (χ0n) is 11.3. The van der Waals surface area contributed by atoms with Gasteiger partial charge in [0.2, 0.25) is 5.91 Å². The van der Waals surface area contributed by atoms with Crippen molar-refractivity contribution in [3.05, 3.63) is 0 Å². The van der Waals surface area contributed by atoms with E-state index in [0.717, 1.165) is 38.9 Å². The van der Waals surface area contributed by atoms with Crippen molar-refractivity contribution >= 4 is 15.7 Å². The first-order valence-electron chi connectivity index (χ1n) is 6.69. The van der Waals surface area contributed by atoms with E-state index in [1.807, 2.05) is 0 Å². The number of rotatable bonds is 6. The minimum atomic E-state index is -3.21. The monoisotopic (exact) mass is 276 g/mol. The van der Waals surface area contributed by atoms with Crippen molar-refractivity contribution in [3.8, 4) is 0 Å². The second-order valence-corrected chi connectivity index (χ2v) is 7.21. The number of nitrogens with zero attached hydrogens (tertiary/aromatic N) is 1. The van der Waals surface area contributed by atoms with Gasteiger partial charge < -0.3 is 10.2 Å². The number of nitrogens with one attached hydrogen (secondary N) is 1. The Bertz CT molecular complexity index is 360. The Kier molecular flexibility index (Phi) is 6.08. The Hall–Kier alpha value is -0.620. The third-order valence-electron chi connectivity index (χ3n) is 3.28. The topological polar surface area (TPSA) is 66.5 Å². The van der Waals surface area contributed by atoms with E-state index in [1.54, 1.807) is 6.92 Å². The maximum absolute atomic E-state index is 11.6. The summed E-state index contributed by atoms with van der Waals surface area (Å²) in [4.78, 5) is 14.0. The summed E-state index contributed by atoms with van der Waals surface area (Å²) < 4.78 is 22.6. The van der Waals surface area contributed by atoms with Crippen LogP contribution in [0.25, 0.3) is 0 Å². The van der Waals surface area contributed by atoms with Crippen LogP contribution in [0.2, 0.25) is 0 Å². The average Bonchev–Trinajstić information content (AvgIpc) is 2.31. The van der Waals surface area contributed by atoms with Crippen molar-refractivity contribution in [3.63, 3.8) is 0 Å². The van der Waals surface area contributed by atoms with Crippen molar-refractivity contribution in [2.45, 2.75) is 39.2 Å². The zero-order chi connectivity index (χ0) is 13.6. The first-order chi connectivity index (χ1) is 8.46. The number of amides is 1. The molecule has 0 saturated carbocycles. The second-order valence-electron chi connectivity index (χ2n) is 4.86. The largest absolute Gasteiger partial charge is 0.352 e. The lowest BCUT2D eigenvalue weighted by molar-refractivity contribution is -0.119. The number of likely N-dealkylation sites (tertiary alicyclic amines) is 1. The highest BCUT2D eigenvalue weighted by molar-refractivity contribution is 7.92. The van der Waals surface area contributed by atoms with Crippen LogP contribution in [-0.4, -0.2) is 56.4 Å². The van der Waals surface area contributed by atoms with Gasteiger partial charge in [0.1, 0.15) is 5.75 Å². The summed E-state index contributed by atoms with van der Waals surface area (Å²) in [5, 5.41) is 2.83. The van der Waals surface area contributed by atoms with E-state index in [2.05, 4.69) is 17.1 Å². The summed E-state index contributed by atoms with van der Waals surface area (Å²) in [7, 11) is -3.21. The Morgan fingerprint density at radius 1 is 1.28 bits per heavy atom. The molecule has 1 rings (SSSR count). The number of carbonyl (C=O) groups excluding carboxylic acids is 1. The molecule has 18 heavy (non-hydrogen) atoms. The Morgan fingerprint density at radius 2 is 1.89 bits per heavy atom. The van der Waals surface area contributed by atoms with Crippen molar-refractivity contribution in [2.24, 2.45) is 0 Å². The minimum absolute atomic E-state index is 0.0232. The number of carbonyl (C=O) groups is 1. The lowest BCUT2D eigenvalue weighted by Crippen LogP contribution is -2.46. The van der Waals surface area contributed by atoms with Gasteiger partial charge in [-0.1, -0.05) is 13.8 Å². The van der Waals surface area contributed by atoms with E-state index in [9.17, 15) is 13.2 Å². The molecule has 1 saturated heterocycles. The van der Waals surface area contributed by atoms with Crippen LogP contribution in [0.3, 0.4) is 0 Å². The molecule has 0 unspecified atom stereocenters.